The number of hydrogen-bond donors (Lipinski definition) is 2. The van der Waals surface area contributed by atoms with Crippen molar-refractivity contribution in [3.05, 3.63) is 0 Å². The highest BCUT2D eigenvalue weighted by Crippen LogP contribution is 2.21. The Balaban J connectivity index is 3.72. The summed E-state index contributed by atoms with van der Waals surface area (Å²) >= 11 is 0. The van der Waals surface area contributed by atoms with Gasteiger partial charge in [0.2, 0.25) is 5.91 Å². The van der Waals surface area contributed by atoms with E-state index < -0.39 is 18.1 Å². The monoisotopic (exact) mass is 254 g/mol. The third-order valence-electron chi connectivity index (χ3n) is 2.46. The van der Waals surface area contributed by atoms with Gasteiger partial charge < -0.3 is 11.1 Å². The molecule has 17 heavy (non-hydrogen) atoms. The lowest BCUT2D eigenvalue weighted by atomic mass is 9.96. The van der Waals surface area contributed by atoms with Crippen LogP contribution in [0.2, 0.25) is 0 Å². The molecule has 0 aromatic rings. The molecular weight excluding hydrogens is 233 g/mol. The lowest BCUT2D eigenvalue weighted by molar-refractivity contribution is -0.135. The molecule has 3 N–H and O–H groups in total. The van der Waals surface area contributed by atoms with Gasteiger partial charge in [-0.3, -0.25) is 4.79 Å². The van der Waals surface area contributed by atoms with Gasteiger partial charge in [0, 0.05) is 13.0 Å². The van der Waals surface area contributed by atoms with Gasteiger partial charge in [0.15, 0.2) is 0 Å². The van der Waals surface area contributed by atoms with Gasteiger partial charge in [-0.2, -0.15) is 13.2 Å². The van der Waals surface area contributed by atoms with E-state index in [1.54, 1.807) is 6.92 Å². The molecule has 0 aliphatic rings. The van der Waals surface area contributed by atoms with Crippen LogP contribution in [0.3, 0.4) is 0 Å². The second-order valence-corrected chi connectivity index (χ2v) is 4.50. The van der Waals surface area contributed by atoms with Crippen molar-refractivity contribution in [1.29, 1.82) is 0 Å². The van der Waals surface area contributed by atoms with Crippen LogP contribution < -0.4 is 11.1 Å². The predicted octanol–water partition coefficient (Wildman–Crippen LogP) is 2.35. The van der Waals surface area contributed by atoms with Gasteiger partial charge in [0.1, 0.15) is 0 Å². The Morgan fingerprint density at radius 2 is 1.82 bits per heavy atom. The van der Waals surface area contributed by atoms with Gasteiger partial charge in [-0.05, 0) is 26.2 Å². The maximum absolute atomic E-state index is 11.8. The molecule has 0 aromatic heterocycles. The zero-order chi connectivity index (χ0) is 13.5. The molecule has 0 heterocycles. The Morgan fingerprint density at radius 1 is 1.24 bits per heavy atom. The van der Waals surface area contributed by atoms with Crippen molar-refractivity contribution >= 4 is 5.91 Å². The van der Waals surface area contributed by atoms with Gasteiger partial charge in [-0.15, -0.1) is 0 Å². The van der Waals surface area contributed by atoms with Crippen molar-refractivity contribution in [2.75, 3.05) is 6.54 Å². The van der Waals surface area contributed by atoms with Crippen molar-refractivity contribution in [2.24, 2.45) is 5.73 Å². The van der Waals surface area contributed by atoms with Crippen molar-refractivity contribution < 1.29 is 18.0 Å². The molecule has 3 nitrogen and oxygen atoms in total. The zero-order valence-corrected chi connectivity index (χ0v) is 10.4. The average molecular weight is 254 g/mol. The van der Waals surface area contributed by atoms with Gasteiger partial charge >= 0.3 is 6.18 Å². The smallest absolute Gasteiger partial charge is 0.355 e. The summed E-state index contributed by atoms with van der Waals surface area (Å²) in [5.41, 5.74) is 4.83. The number of rotatable bonds is 7. The summed E-state index contributed by atoms with van der Waals surface area (Å²) < 4.78 is 35.5. The molecule has 0 fully saturated rings. The number of hydrogen-bond acceptors (Lipinski definition) is 2. The Labute approximate surface area is 99.9 Å². The molecule has 102 valence electrons. The van der Waals surface area contributed by atoms with Gasteiger partial charge in [0.25, 0.3) is 0 Å². The van der Waals surface area contributed by atoms with E-state index >= 15 is 0 Å². The first-order valence-corrected chi connectivity index (χ1v) is 5.83. The van der Waals surface area contributed by atoms with Crippen LogP contribution in [0.15, 0.2) is 0 Å². The van der Waals surface area contributed by atoms with Crippen LogP contribution in [0.4, 0.5) is 13.2 Å². The number of nitrogens with two attached hydrogens (primary N) is 1. The Morgan fingerprint density at radius 3 is 2.29 bits per heavy atom. The van der Waals surface area contributed by atoms with E-state index in [1.807, 2.05) is 6.92 Å². The minimum atomic E-state index is -4.12. The van der Waals surface area contributed by atoms with Crippen molar-refractivity contribution in [2.45, 2.75) is 57.7 Å². The zero-order valence-electron chi connectivity index (χ0n) is 10.4. The molecule has 0 bridgehead atoms. The topological polar surface area (TPSA) is 55.1 Å². The lowest BCUT2D eigenvalue weighted by Gasteiger charge is -2.22. The molecule has 1 amide bonds. The second-order valence-electron chi connectivity index (χ2n) is 4.50. The third kappa shape index (κ3) is 8.01. The highest BCUT2D eigenvalue weighted by atomic mass is 19.4. The highest BCUT2D eigenvalue weighted by Gasteiger charge is 2.27. The number of carbonyl (C=O) groups is 1. The number of carbonyl (C=O) groups excluding carboxylic acids is 1. The van der Waals surface area contributed by atoms with E-state index in [-0.39, 0.29) is 18.9 Å². The number of alkyl halides is 3. The number of nitrogens with one attached hydrogen (secondary N) is 1. The molecule has 0 aliphatic heterocycles. The van der Waals surface area contributed by atoms with Crippen LogP contribution in [0.5, 0.6) is 0 Å². The lowest BCUT2D eigenvalue weighted by Crippen LogP contribution is -2.51. The summed E-state index contributed by atoms with van der Waals surface area (Å²) in [5.74, 6) is -0.300. The largest absolute Gasteiger partial charge is 0.389 e. The fourth-order valence-electron chi connectivity index (χ4n) is 1.49. The molecule has 0 spiro atoms. The number of halogens is 3. The normalized spacial score (nSPS) is 15.4. The van der Waals surface area contributed by atoms with E-state index in [2.05, 4.69) is 5.32 Å². The standard InChI is InChI=1S/C11H21F3N2O/c1-3-6-10(2,15)9(17)16-8-5-4-7-11(12,13)14/h3-8,15H2,1-2H3,(H,16,17). The Bertz CT molecular complexity index is 239. The van der Waals surface area contributed by atoms with Crippen LogP contribution in [0, 0.1) is 0 Å². The van der Waals surface area contributed by atoms with E-state index in [0.29, 0.717) is 12.8 Å². The van der Waals surface area contributed by atoms with Crippen molar-refractivity contribution in [1.82, 2.24) is 5.32 Å². The minimum absolute atomic E-state index is 0.0266. The Hall–Kier alpha value is -0.780. The van der Waals surface area contributed by atoms with Crippen molar-refractivity contribution in [3.63, 3.8) is 0 Å². The summed E-state index contributed by atoms with van der Waals surface area (Å²) in [4.78, 5) is 11.6. The molecule has 0 saturated carbocycles. The minimum Gasteiger partial charge on any atom is -0.355 e. The van der Waals surface area contributed by atoms with E-state index in [4.69, 9.17) is 5.73 Å². The van der Waals surface area contributed by atoms with E-state index in [1.165, 1.54) is 0 Å². The first-order valence-electron chi connectivity index (χ1n) is 5.83. The van der Waals surface area contributed by atoms with E-state index in [9.17, 15) is 18.0 Å². The third-order valence-corrected chi connectivity index (χ3v) is 2.46. The van der Waals surface area contributed by atoms with Crippen LogP contribution in [0.1, 0.15) is 46.0 Å². The second kappa shape index (κ2) is 6.83. The van der Waals surface area contributed by atoms with Gasteiger partial charge in [-0.1, -0.05) is 13.3 Å². The molecule has 0 aromatic carbocycles. The fraction of sp³-hybridized carbons (Fsp3) is 0.909. The molecule has 1 unspecified atom stereocenters. The predicted molar refractivity (Wildman–Crippen MR) is 60.4 cm³/mol. The molecule has 1 atom stereocenters. The maximum Gasteiger partial charge on any atom is 0.389 e. The summed E-state index contributed by atoms with van der Waals surface area (Å²) in [6.45, 7) is 3.79. The first-order chi connectivity index (χ1) is 7.69. The molecular formula is C11H21F3N2O. The van der Waals surface area contributed by atoms with Crippen LogP contribution >= 0.6 is 0 Å². The molecule has 6 heteroatoms. The van der Waals surface area contributed by atoms with Crippen LogP contribution in [-0.4, -0.2) is 24.2 Å². The van der Waals surface area contributed by atoms with Gasteiger partial charge in [0.05, 0.1) is 5.54 Å². The quantitative estimate of drug-likeness (QED) is 0.685. The van der Waals surface area contributed by atoms with Gasteiger partial charge in [-0.25, -0.2) is 0 Å². The Kier molecular flexibility index (Phi) is 6.52. The molecule has 0 saturated heterocycles. The first kappa shape index (κ1) is 16.2. The summed E-state index contributed by atoms with van der Waals surface area (Å²) in [6.07, 6.45) is -3.24. The van der Waals surface area contributed by atoms with Crippen molar-refractivity contribution in [3.8, 4) is 0 Å². The van der Waals surface area contributed by atoms with E-state index in [0.717, 1.165) is 6.42 Å². The molecule has 0 radical (unpaired) electrons. The highest BCUT2D eigenvalue weighted by molar-refractivity contribution is 5.85. The molecule has 0 aliphatic carbocycles. The fourth-order valence-corrected chi connectivity index (χ4v) is 1.49. The average Bonchev–Trinajstić information content (AvgIpc) is 2.15. The summed E-state index contributed by atoms with van der Waals surface area (Å²) in [7, 11) is 0. The number of unbranched alkanes of at least 4 members (excludes halogenated alkanes) is 1. The summed E-state index contributed by atoms with van der Waals surface area (Å²) in [5, 5.41) is 2.56. The maximum atomic E-state index is 11.8. The summed E-state index contributed by atoms with van der Waals surface area (Å²) in [6, 6.07) is 0. The SMILES string of the molecule is CCCC(C)(N)C(=O)NCCCCC(F)(F)F. The van der Waals surface area contributed by atoms with Crippen LogP contribution in [-0.2, 0) is 4.79 Å². The molecule has 0 rings (SSSR count). The number of amides is 1. The van der Waals surface area contributed by atoms with Crippen LogP contribution in [0.25, 0.3) is 0 Å².